The number of nitrogens with zero attached hydrogens (tertiary/aromatic N) is 6. The van der Waals surface area contributed by atoms with Crippen molar-refractivity contribution in [2.75, 3.05) is 26.7 Å². The predicted molar refractivity (Wildman–Crippen MR) is 77.4 cm³/mol. The van der Waals surface area contributed by atoms with Crippen molar-refractivity contribution in [1.82, 2.24) is 29.4 Å². The molecule has 0 atom stereocenters. The highest BCUT2D eigenvalue weighted by Gasteiger charge is 2.30. The highest BCUT2D eigenvalue weighted by molar-refractivity contribution is 5.78. The molecule has 7 nitrogen and oxygen atoms in total. The van der Waals surface area contributed by atoms with Gasteiger partial charge in [-0.3, -0.25) is 19.1 Å². The van der Waals surface area contributed by atoms with E-state index in [0.717, 1.165) is 18.7 Å². The van der Waals surface area contributed by atoms with E-state index in [1.54, 1.807) is 22.0 Å². The van der Waals surface area contributed by atoms with Crippen LogP contribution in [0.2, 0.25) is 0 Å². The Morgan fingerprint density at radius 2 is 2.24 bits per heavy atom. The Labute approximate surface area is 123 Å². The molecule has 0 unspecified atom stereocenters. The first-order valence-electron chi connectivity index (χ1n) is 7.05. The van der Waals surface area contributed by atoms with Crippen LogP contribution in [0, 0.1) is 0 Å². The molecule has 1 aliphatic heterocycles. The summed E-state index contributed by atoms with van der Waals surface area (Å²) in [5, 5.41) is 8.34. The molecule has 3 heterocycles. The van der Waals surface area contributed by atoms with Crippen LogP contribution in [0.1, 0.15) is 11.6 Å². The summed E-state index contributed by atoms with van der Waals surface area (Å²) in [6.45, 7) is 2.83. The summed E-state index contributed by atoms with van der Waals surface area (Å²) >= 11 is 0. The Bertz CT molecular complexity index is 599. The molecule has 2 aromatic rings. The van der Waals surface area contributed by atoms with E-state index in [4.69, 9.17) is 0 Å². The van der Waals surface area contributed by atoms with E-state index in [2.05, 4.69) is 15.1 Å². The molecule has 0 spiro atoms. The molecular weight excluding hydrogens is 268 g/mol. The topological polar surface area (TPSA) is 59.2 Å². The smallest absolute Gasteiger partial charge is 0.236 e. The van der Waals surface area contributed by atoms with Crippen LogP contribution in [0.5, 0.6) is 0 Å². The molecule has 0 radical (unpaired) electrons. The Balaban J connectivity index is 1.44. The number of likely N-dealkylation sites (tertiary alicyclic amines) is 1. The molecule has 1 saturated heterocycles. The average molecular weight is 288 g/mol. The van der Waals surface area contributed by atoms with E-state index in [9.17, 15) is 4.79 Å². The van der Waals surface area contributed by atoms with Gasteiger partial charge in [0.2, 0.25) is 5.91 Å². The fraction of sp³-hybridized carbons (Fsp3) is 0.500. The maximum Gasteiger partial charge on any atom is 0.236 e. The van der Waals surface area contributed by atoms with Crippen molar-refractivity contribution < 1.29 is 4.79 Å². The zero-order valence-corrected chi connectivity index (χ0v) is 12.4. The van der Waals surface area contributed by atoms with Gasteiger partial charge in [0.05, 0.1) is 18.8 Å². The summed E-state index contributed by atoms with van der Waals surface area (Å²) in [4.78, 5) is 16.1. The third-order valence-corrected chi connectivity index (χ3v) is 3.80. The lowest BCUT2D eigenvalue weighted by Crippen LogP contribution is -2.51. The van der Waals surface area contributed by atoms with Gasteiger partial charge in [0.15, 0.2) is 0 Å². The Hall–Kier alpha value is -2.15. The van der Waals surface area contributed by atoms with Crippen LogP contribution in [0.4, 0.5) is 0 Å². The number of aryl methyl sites for hydroxylation is 1. The number of hydrogen-bond donors (Lipinski definition) is 0. The third kappa shape index (κ3) is 3.13. The largest absolute Gasteiger partial charge is 0.340 e. The molecule has 0 N–H and O–H groups in total. The molecule has 1 fully saturated rings. The van der Waals surface area contributed by atoms with Crippen molar-refractivity contribution in [3.63, 3.8) is 0 Å². The van der Waals surface area contributed by atoms with Crippen LogP contribution < -0.4 is 0 Å². The molecule has 1 aliphatic rings. The quantitative estimate of drug-likeness (QED) is 0.785. The Morgan fingerprint density at radius 1 is 1.43 bits per heavy atom. The van der Waals surface area contributed by atoms with Gasteiger partial charge in [0.1, 0.15) is 0 Å². The van der Waals surface area contributed by atoms with Crippen molar-refractivity contribution in [2.45, 2.75) is 12.6 Å². The third-order valence-electron chi connectivity index (χ3n) is 3.80. The summed E-state index contributed by atoms with van der Waals surface area (Å²) in [5.41, 5.74) is 1.05. The van der Waals surface area contributed by atoms with Crippen molar-refractivity contribution in [3.8, 4) is 0 Å². The van der Waals surface area contributed by atoms with Crippen molar-refractivity contribution in [2.24, 2.45) is 7.05 Å². The summed E-state index contributed by atoms with van der Waals surface area (Å²) in [7, 11) is 3.71. The van der Waals surface area contributed by atoms with Crippen molar-refractivity contribution in [3.05, 3.63) is 36.4 Å². The molecule has 2 aromatic heterocycles. The van der Waals surface area contributed by atoms with E-state index in [1.165, 1.54) is 0 Å². The molecule has 21 heavy (non-hydrogen) atoms. The standard InChI is InChI=1S/C14H20N6O/c1-17(7-12-6-16-18(2)8-12)14(21)11-19-9-13(10-19)20-5-3-4-15-20/h3-6,8,13H,7,9-11H2,1-2H3. The van der Waals surface area contributed by atoms with Crippen LogP contribution in [0.25, 0.3) is 0 Å². The van der Waals surface area contributed by atoms with Gasteiger partial charge in [-0.2, -0.15) is 10.2 Å². The fourth-order valence-electron chi connectivity index (χ4n) is 2.56. The van der Waals surface area contributed by atoms with Gasteiger partial charge in [-0.15, -0.1) is 0 Å². The van der Waals surface area contributed by atoms with Crippen LogP contribution in [-0.2, 0) is 18.4 Å². The van der Waals surface area contributed by atoms with Crippen LogP contribution >= 0.6 is 0 Å². The SMILES string of the molecule is CN(Cc1cnn(C)c1)C(=O)CN1CC(n2cccn2)C1. The molecule has 0 aliphatic carbocycles. The number of carbonyl (C=O) groups excluding carboxylic acids is 1. The molecular formula is C14H20N6O. The van der Waals surface area contributed by atoms with Crippen LogP contribution in [-0.4, -0.2) is 61.9 Å². The zero-order chi connectivity index (χ0) is 14.8. The second-order valence-electron chi connectivity index (χ2n) is 5.61. The van der Waals surface area contributed by atoms with Gasteiger partial charge in [-0.1, -0.05) is 0 Å². The predicted octanol–water partition coefficient (Wildman–Crippen LogP) is 0.132. The molecule has 0 saturated carbocycles. The normalized spacial score (nSPS) is 15.9. The Kier molecular flexibility index (Phi) is 3.74. The van der Waals surface area contributed by atoms with Gasteiger partial charge in [-0.25, -0.2) is 0 Å². The lowest BCUT2D eigenvalue weighted by atomic mass is 10.1. The summed E-state index contributed by atoms with van der Waals surface area (Å²) < 4.78 is 3.71. The van der Waals surface area contributed by atoms with E-state index in [0.29, 0.717) is 19.1 Å². The summed E-state index contributed by atoms with van der Waals surface area (Å²) in [6.07, 6.45) is 7.48. The van der Waals surface area contributed by atoms with Crippen molar-refractivity contribution >= 4 is 5.91 Å². The minimum Gasteiger partial charge on any atom is -0.340 e. The van der Waals surface area contributed by atoms with Crippen LogP contribution in [0.15, 0.2) is 30.9 Å². The maximum atomic E-state index is 12.2. The first-order valence-corrected chi connectivity index (χ1v) is 7.05. The number of aromatic nitrogens is 4. The second kappa shape index (κ2) is 5.69. The van der Waals surface area contributed by atoms with Crippen LogP contribution in [0.3, 0.4) is 0 Å². The minimum atomic E-state index is 0.137. The first-order chi connectivity index (χ1) is 10.1. The number of carbonyl (C=O) groups is 1. The molecule has 3 rings (SSSR count). The summed E-state index contributed by atoms with van der Waals surface area (Å²) in [5.74, 6) is 0.137. The number of rotatable bonds is 5. The summed E-state index contributed by atoms with van der Waals surface area (Å²) in [6, 6.07) is 2.33. The lowest BCUT2D eigenvalue weighted by molar-refractivity contribution is -0.133. The highest BCUT2D eigenvalue weighted by atomic mass is 16.2. The average Bonchev–Trinajstić information content (AvgIpc) is 3.04. The molecule has 7 heteroatoms. The molecule has 0 bridgehead atoms. The van der Waals surface area contributed by atoms with Gasteiger partial charge in [0.25, 0.3) is 0 Å². The van der Waals surface area contributed by atoms with E-state index >= 15 is 0 Å². The fourth-order valence-corrected chi connectivity index (χ4v) is 2.56. The minimum absolute atomic E-state index is 0.137. The number of amides is 1. The molecule has 1 amide bonds. The maximum absolute atomic E-state index is 12.2. The van der Waals surface area contributed by atoms with Gasteiger partial charge >= 0.3 is 0 Å². The highest BCUT2D eigenvalue weighted by Crippen LogP contribution is 2.19. The Morgan fingerprint density at radius 3 is 2.86 bits per heavy atom. The van der Waals surface area contributed by atoms with Gasteiger partial charge in [-0.05, 0) is 6.07 Å². The van der Waals surface area contributed by atoms with E-state index < -0.39 is 0 Å². The van der Waals surface area contributed by atoms with E-state index in [-0.39, 0.29) is 5.91 Å². The molecule has 112 valence electrons. The zero-order valence-electron chi connectivity index (χ0n) is 12.4. The molecule has 0 aromatic carbocycles. The first kappa shape index (κ1) is 13.8. The lowest BCUT2D eigenvalue weighted by Gasteiger charge is -2.39. The number of likely N-dealkylation sites (N-methyl/N-ethyl adjacent to an activating group) is 1. The van der Waals surface area contributed by atoms with Crippen molar-refractivity contribution in [1.29, 1.82) is 0 Å². The number of hydrogen-bond acceptors (Lipinski definition) is 4. The monoisotopic (exact) mass is 288 g/mol. The van der Waals surface area contributed by atoms with E-state index in [1.807, 2.05) is 37.2 Å². The van der Waals surface area contributed by atoms with Gasteiger partial charge < -0.3 is 4.90 Å². The second-order valence-corrected chi connectivity index (χ2v) is 5.61. The van der Waals surface area contributed by atoms with Gasteiger partial charge in [0, 0.05) is 57.9 Å².